The maximum absolute atomic E-state index is 12.3. The molecule has 1 heterocycles. The van der Waals surface area contributed by atoms with Crippen molar-refractivity contribution in [2.75, 3.05) is 6.61 Å². The zero-order valence-corrected chi connectivity index (χ0v) is 14.8. The van der Waals surface area contributed by atoms with Gasteiger partial charge in [-0.25, -0.2) is 0 Å². The number of carbonyl (C=O) groups is 2. The number of nitrogens with one attached hydrogen (secondary N) is 1. The summed E-state index contributed by atoms with van der Waals surface area (Å²) in [6, 6.07) is 12.2. The Morgan fingerprint density at radius 3 is 2.73 bits per heavy atom. The van der Waals surface area contributed by atoms with Gasteiger partial charge >= 0.3 is 5.97 Å². The van der Waals surface area contributed by atoms with Gasteiger partial charge in [-0.3, -0.25) is 9.59 Å². The van der Waals surface area contributed by atoms with Crippen LogP contribution in [0.3, 0.4) is 0 Å². The largest absolute Gasteiger partial charge is 0.490 e. The Bertz CT molecular complexity index is 818. The molecule has 0 spiro atoms. The highest BCUT2D eigenvalue weighted by atomic mass is 16.6. The van der Waals surface area contributed by atoms with Crippen LogP contribution in [-0.2, 0) is 4.79 Å². The SMILES string of the molecule is CCCC(=O)Oc1ccc([C@@H]2NC(=O)c3ccccc3O2)cc1OCC. The third kappa shape index (κ3) is 3.79. The highest BCUT2D eigenvalue weighted by molar-refractivity contribution is 5.98. The average Bonchev–Trinajstić information content (AvgIpc) is 2.63. The normalized spacial score (nSPS) is 15.5. The van der Waals surface area contributed by atoms with Gasteiger partial charge < -0.3 is 19.5 Å². The summed E-state index contributed by atoms with van der Waals surface area (Å²) in [6.45, 7) is 4.18. The van der Waals surface area contributed by atoms with Gasteiger partial charge in [0.1, 0.15) is 5.75 Å². The van der Waals surface area contributed by atoms with Crippen LogP contribution in [0, 0.1) is 0 Å². The van der Waals surface area contributed by atoms with Crippen LogP contribution in [0.2, 0.25) is 0 Å². The van der Waals surface area contributed by atoms with Crippen molar-refractivity contribution in [2.24, 2.45) is 0 Å². The summed E-state index contributed by atoms with van der Waals surface area (Å²) in [5.74, 6) is 0.811. The molecule has 0 unspecified atom stereocenters. The molecular weight excluding hydrogens is 334 g/mol. The first-order valence-electron chi connectivity index (χ1n) is 8.66. The van der Waals surface area contributed by atoms with Gasteiger partial charge in [-0.1, -0.05) is 19.1 Å². The average molecular weight is 355 g/mol. The lowest BCUT2D eigenvalue weighted by molar-refractivity contribution is -0.134. The van der Waals surface area contributed by atoms with Gasteiger partial charge in [0.15, 0.2) is 17.7 Å². The van der Waals surface area contributed by atoms with Crippen molar-refractivity contribution < 1.29 is 23.8 Å². The molecule has 1 aliphatic rings. The van der Waals surface area contributed by atoms with Gasteiger partial charge in [0.05, 0.1) is 12.2 Å². The first-order chi connectivity index (χ1) is 12.6. The van der Waals surface area contributed by atoms with E-state index in [0.29, 0.717) is 47.8 Å². The quantitative estimate of drug-likeness (QED) is 0.633. The van der Waals surface area contributed by atoms with Crippen molar-refractivity contribution in [3.05, 3.63) is 53.6 Å². The number of para-hydroxylation sites is 1. The van der Waals surface area contributed by atoms with Crippen LogP contribution < -0.4 is 19.5 Å². The molecule has 0 radical (unpaired) electrons. The molecule has 0 saturated heterocycles. The number of ether oxygens (including phenoxy) is 3. The van der Waals surface area contributed by atoms with Crippen molar-refractivity contribution >= 4 is 11.9 Å². The number of carbonyl (C=O) groups excluding carboxylic acids is 2. The van der Waals surface area contributed by atoms with Crippen LogP contribution >= 0.6 is 0 Å². The summed E-state index contributed by atoms with van der Waals surface area (Å²) in [7, 11) is 0. The van der Waals surface area contributed by atoms with E-state index in [9.17, 15) is 9.59 Å². The van der Waals surface area contributed by atoms with Gasteiger partial charge in [0.2, 0.25) is 0 Å². The van der Waals surface area contributed by atoms with Gasteiger partial charge in [-0.2, -0.15) is 0 Å². The second-order valence-corrected chi connectivity index (χ2v) is 5.83. The second-order valence-electron chi connectivity index (χ2n) is 5.83. The van der Waals surface area contributed by atoms with Crippen molar-refractivity contribution in [3.63, 3.8) is 0 Å². The van der Waals surface area contributed by atoms with E-state index in [4.69, 9.17) is 14.2 Å². The minimum absolute atomic E-state index is 0.201. The maximum atomic E-state index is 12.3. The van der Waals surface area contributed by atoms with E-state index in [2.05, 4.69) is 5.32 Å². The Hall–Kier alpha value is -3.02. The molecule has 6 nitrogen and oxygen atoms in total. The molecule has 0 aliphatic carbocycles. The molecule has 136 valence electrons. The van der Waals surface area contributed by atoms with Crippen molar-refractivity contribution in [1.82, 2.24) is 5.32 Å². The predicted molar refractivity (Wildman–Crippen MR) is 95.4 cm³/mol. The lowest BCUT2D eigenvalue weighted by Crippen LogP contribution is -2.36. The molecule has 0 aromatic heterocycles. The fourth-order valence-corrected chi connectivity index (χ4v) is 2.68. The van der Waals surface area contributed by atoms with Crippen molar-refractivity contribution in [2.45, 2.75) is 32.9 Å². The summed E-state index contributed by atoms with van der Waals surface area (Å²) < 4.78 is 16.9. The lowest BCUT2D eigenvalue weighted by Gasteiger charge is -2.27. The molecule has 0 bridgehead atoms. The number of fused-ring (bicyclic) bond motifs is 1. The van der Waals surface area contributed by atoms with E-state index in [0.717, 1.165) is 0 Å². The topological polar surface area (TPSA) is 73.9 Å². The van der Waals surface area contributed by atoms with E-state index >= 15 is 0 Å². The van der Waals surface area contributed by atoms with Crippen molar-refractivity contribution in [3.8, 4) is 17.2 Å². The number of benzene rings is 2. The lowest BCUT2D eigenvalue weighted by atomic mass is 10.1. The Labute approximate surface area is 152 Å². The van der Waals surface area contributed by atoms with Crippen LogP contribution in [0.4, 0.5) is 0 Å². The summed E-state index contributed by atoms with van der Waals surface area (Å²) in [5.41, 5.74) is 1.20. The number of hydrogen-bond donors (Lipinski definition) is 1. The highest BCUT2D eigenvalue weighted by Gasteiger charge is 2.27. The molecule has 1 N–H and O–H groups in total. The molecular formula is C20H21NO5. The summed E-state index contributed by atoms with van der Waals surface area (Å²) in [6.07, 6.45) is 0.408. The third-order valence-electron chi connectivity index (χ3n) is 3.89. The zero-order valence-electron chi connectivity index (χ0n) is 14.8. The Morgan fingerprint density at radius 1 is 1.15 bits per heavy atom. The Kier molecular flexibility index (Phi) is 5.41. The van der Waals surface area contributed by atoms with Crippen LogP contribution in [0.15, 0.2) is 42.5 Å². The first-order valence-corrected chi connectivity index (χ1v) is 8.66. The second kappa shape index (κ2) is 7.91. The van der Waals surface area contributed by atoms with E-state index in [1.54, 1.807) is 36.4 Å². The fourth-order valence-electron chi connectivity index (χ4n) is 2.68. The molecule has 0 saturated carbocycles. The van der Waals surface area contributed by atoms with Gasteiger partial charge in [-0.15, -0.1) is 0 Å². The van der Waals surface area contributed by atoms with E-state index in [1.807, 2.05) is 19.9 Å². The summed E-state index contributed by atoms with van der Waals surface area (Å²) >= 11 is 0. The minimum Gasteiger partial charge on any atom is -0.490 e. The first kappa shape index (κ1) is 17.8. The monoisotopic (exact) mass is 355 g/mol. The molecule has 6 heteroatoms. The van der Waals surface area contributed by atoms with Gasteiger partial charge in [0.25, 0.3) is 5.91 Å². The molecule has 3 rings (SSSR count). The Morgan fingerprint density at radius 2 is 1.96 bits per heavy atom. The number of esters is 1. The molecule has 1 amide bonds. The van der Waals surface area contributed by atoms with Gasteiger partial charge in [0, 0.05) is 12.0 Å². The molecule has 0 fully saturated rings. The number of amides is 1. The van der Waals surface area contributed by atoms with E-state index < -0.39 is 6.23 Å². The minimum atomic E-state index is -0.642. The fraction of sp³-hybridized carbons (Fsp3) is 0.300. The van der Waals surface area contributed by atoms with Gasteiger partial charge in [-0.05, 0) is 43.7 Å². The van der Waals surface area contributed by atoms with Crippen LogP contribution in [-0.4, -0.2) is 18.5 Å². The standard InChI is InChI=1S/C20H21NO5/c1-3-7-18(22)25-16-11-10-13(12-17(16)24-4-2)20-21-19(23)14-8-5-6-9-15(14)26-20/h5-6,8-12,20H,3-4,7H2,1-2H3,(H,21,23)/t20-/m1/s1. The molecule has 1 aliphatic heterocycles. The predicted octanol–water partition coefficient (Wildman–Crippen LogP) is 3.61. The number of hydrogen-bond acceptors (Lipinski definition) is 5. The summed E-state index contributed by atoms with van der Waals surface area (Å²) in [5, 5.41) is 2.81. The van der Waals surface area contributed by atoms with Crippen molar-refractivity contribution in [1.29, 1.82) is 0 Å². The molecule has 26 heavy (non-hydrogen) atoms. The highest BCUT2D eigenvalue weighted by Crippen LogP contribution is 2.34. The summed E-state index contributed by atoms with van der Waals surface area (Å²) in [4.78, 5) is 24.0. The third-order valence-corrected chi connectivity index (χ3v) is 3.89. The van der Waals surface area contributed by atoms with E-state index in [1.165, 1.54) is 0 Å². The Balaban J connectivity index is 1.86. The van der Waals surface area contributed by atoms with Crippen LogP contribution in [0.1, 0.15) is 48.8 Å². The van der Waals surface area contributed by atoms with Crippen LogP contribution in [0.25, 0.3) is 0 Å². The smallest absolute Gasteiger partial charge is 0.311 e. The molecule has 1 atom stereocenters. The molecule has 2 aromatic rings. The zero-order chi connectivity index (χ0) is 18.5. The van der Waals surface area contributed by atoms with E-state index in [-0.39, 0.29) is 11.9 Å². The maximum Gasteiger partial charge on any atom is 0.311 e. The van der Waals surface area contributed by atoms with Crippen LogP contribution in [0.5, 0.6) is 17.2 Å². The molecule has 2 aromatic carbocycles. The number of rotatable bonds is 6.